The highest BCUT2D eigenvalue weighted by Crippen LogP contribution is 2.30. The summed E-state index contributed by atoms with van der Waals surface area (Å²) in [5, 5.41) is 22.8. The topological polar surface area (TPSA) is 132 Å². The summed E-state index contributed by atoms with van der Waals surface area (Å²) >= 11 is 0. The van der Waals surface area contributed by atoms with E-state index in [1.54, 1.807) is 43.3 Å². The number of carbonyl (C=O) groups is 2. The summed E-state index contributed by atoms with van der Waals surface area (Å²) in [5.74, 6) is -0.762. The van der Waals surface area contributed by atoms with Gasteiger partial charge in [0.15, 0.2) is 11.5 Å². The number of nitrogens with zero attached hydrogens (tertiary/aromatic N) is 2. The lowest BCUT2D eigenvalue weighted by Crippen LogP contribution is -2.13. The molecule has 0 bridgehead atoms. The predicted octanol–water partition coefficient (Wildman–Crippen LogP) is 5.07. The first kappa shape index (κ1) is 24.7. The van der Waals surface area contributed by atoms with Gasteiger partial charge in [0.2, 0.25) is 0 Å². The molecule has 0 radical (unpaired) electrons. The minimum absolute atomic E-state index is 0.120. The standard InChI is InChI=1S/C26H21N3O6/c1-3-34-24-15-18(6-13-23(24)35-26(31)19-7-4-17(2)5-8-19)14-20(16-27)25(30)28-21-9-11-22(12-10-21)29(32)33/h4-15H,3H2,1-2H3,(H,28,30). The summed E-state index contributed by atoms with van der Waals surface area (Å²) in [4.78, 5) is 35.2. The predicted molar refractivity (Wildman–Crippen MR) is 129 cm³/mol. The van der Waals surface area contributed by atoms with E-state index in [-0.39, 0.29) is 22.8 Å². The van der Waals surface area contributed by atoms with E-state index in [9.17, 15) is 25.0 Å². The van der Waals surface area contributed by atoms with Crippen molar-refractivity contribution in [3.05, 3.63) is 99.1 Å². The molecule has 0 aliphatic carbocycles. The minimum atomic E-state index is -0.686. The number of nitro groups is 1. The van der Waals surface area contributed by atoms with Gasteiger partial charge in [-0.3, -0.25) is 14.9 Å². The summed E-state index contributed by atoms with van der Waals surface area (Å²) in [6.07, 6.45) is 1.36. The number of hydrogen-bond donors (Lipinski definition) is 1. The molecule has 176 valence electrons. The molecule has 3 rings (SSSR count). The number of rotatable bonds is 8. The van der Waals surface area contributed by atoms with Crippen LogP contribution in [0.15, 0.2) is 72.3 Å². The molecule has 35 heavy (non-hydrogen) atoms. The molecule has 3 aromatic carbocycles. The lowest BCUT2D eigenvalue weighted by atomic mass is 10.1. The molecule has 3 aromatic rings. The molecule has 0 saturated heterocycles. The summed E-state index contributed by atoms with van der Waals surface area (Å²) in [7, 11) is 0. The van der Waals surface area contributed by atoms with E-state index in [4.69, 9.17) is 9.47 Å². The third kappa shape index (κ3) is 6.52. The number of ether oxygens (including phenoxy) is 2. The molecule has 0 aromatic heterocycles. The van der Waals surface area contributed by atoms with Crippen LogP contribution in [0.3, 0.4) is 0 Å². The average Bonchev–Trinajstić information content (AvgIpc) is 2.84. The van der Waals surface area contributed by atoms with Gasteiger partial charge in [-0.25, -0.2) is 4.79 Å². The fourth-order valence-electron chi connectivity index (χ4n) is 3.00. The molecule has 0 atom stereocenters. The number of non-ortho nitro benzene ring substituents is 1. The molecule has 9 nitrogen and oxygen atoms in total. The Hall–Kier alpha value is -4.97. The van der Waals surface area contributed by atoms with E-state index in [1.807, 2.05) is 13.0 Å². The third-order valence-corrected chi connectivity index (χ3v) is 4.77. The van der Waals surface area contributed by atoms with Crippen LogP contribution < -0.4 is 14.8 Å². The van der Waals surface area contributed by atoms with Crippen molar-refractivity contribution in [1.29, 1.82) is 5.26 Å². The second kappa shape index (κ2) is 11.2. The average molecular weight is 471 g/mol. The van der Waals surface area contributed by atoms with Crippen LogP contribution in [0.4, 0.5) is 11.4 Å². The molecule has 0 aliphatic heterocycles. The summed E-state index contributed by atoms with van der Waals surface area (Å²) in [6, 6.07) is 18.7. The van der Waals surface area contributed by atoms with E-state index in [2.05, 4.69) is 5.32 Å². The third-order valence-electron chi connectivity index (χ3n) is 4.77. The molecule has 0 aliphatic rings. The zero-order chi connectivity index (χ0) is 25.4. The molecule has 0 spiro atoms. The van der Waals surface area contributed by atoms with E-state index in [0.717, 1.165) is 5.56 Å². The number of anilines is 1. The van der Waals surface area contributed by atoms with Gasteiger partial charge in [-0.2, -0.15) is 5.26 Å². The lowest BCUT2D eigenvalue weighted by Gasteiger charge is -2.12. The van der Waals surface area contributed by atoms with Gasteiger partial charge in [0, 0.05) is 17.8 Å². The van der Waals surface area contributed by atoms with Crippen molar-refractivity contribution in [2.75, 3.05) is 11.9 Å². The van der Waals surface area contributed by atoms with Crippen molar-refractivity contribution < 1.29 is 24.0 Å². The van der Waals surface area contributed by atoms with Crippen LogP contribution in [-0.4, -0.2) is 23.4 Å². The molecule has 0 unspecified atom stereocenters. The van der Waals surface area contributed by atoms with Gasteiger partial charge in [0.1, 0.15) is 11.6 Å². The van der Waals surface area contributed by atoms with E-state index >= 15 is 0 Å². The number of nitro benzene ring substituents is 1. The first-order valence-corrected chi connectivity index (χ1v) is 10.5. The Balaban J connectivity index is 1.80. The number of hydrogen-bond acceptors (Lipinski definition) is 7. The van der Waals surface area contributed by atoms with Gasteiger partial charge in [-0.05, 0) is 61.9 Å². The Bertz CT molecular complexity index is 1320. The Morgan fingerprint density at radius 1 is 1.06 bits per heavy atom. The van der Waals surface area contributed by atoms with Crippen LogP contribution >= 0.6 is 0 Å². The van der Waals surface area contributed by atoms with Gasteiger partial charge in [0.25, 0.3) is 11.6 Å². The zero-order valence-corrected chi connectivity index (χ0v) is 19.0. The van der Waals surface area contributed by atoms with E-state index in [0.29, 0.717) is 23.4 Å². The van der Waals surface area contributed by atoms with Crippen molar-refractivity contribution in [2.24, 2.45) is 0 Å². The lowest BCUT2D eigenvalue weighted by molar-refractivity contribution is -0.384. The maximum absolute atomic E-state index is 12.5. The molecule has 1 amide bonds. The van der Waals surface area contributed by atoms with Crippen LogP contribution in [0.25, 0.3) is 6.08 Å². The minimum Gasteiger partial charge on any atom is -0.490 e. The number of esters is 1. The number of amides is 1. The molecular formula is C26H21N3O6. The molecular weight excluding hydrogens is 450 g/mol. The monoisotopic (exact) mass is 471 g/mol. The Morgan fingerprint density at radius 2 is 1.74 bits per heavy atom. The number of carbonyl (C=O) groups excluding carboxylic acids is 2. The Kier molecular flexibility index (Phi) is 7.93. The second-order valence-corrected chi connectivity index (χ2v) is 7.32. The number of benzene rings is 3. The number of nitriles is 1. The van der Waals surface area contributed by atoms with Crippen LogP contribution in [0.1, 0.15) is 28.4 Å². The normalized spacial score (nSPS) is 10.7. The van der Waals surface area contributed by atoms with Crippen LogP contribution in [0, 0.1) is 28.4 Å². The quantitative estimate of drug-likeness (QED) is 0.121. The molecule has 0 saturated carbocycles. The van der Waals surface area contributed by atoms with Gasteiger partial charge in [0.05, 0.1) is 17.1 Å². The van der Waals surface area contributed by atoms with Gasteiger partial charge in [-0.1, -0.05) is 23.8 Å². The summed E-state index contributed by atoms with van der Waals surface area (Å²) < 4.78 is 11.1. The van der Waals surface area contributed by atoms with Crippen molar-refractivity contribution >= 4 is 29.3 Å². The first-order valence-electron chi connectivity index (χ1n) is 10.5. The fourth-order valence-corrected chi connectivity index (χ4v) is 3.00. The molecule has 1 N–H and O–H groups in total. The van der Waals surface area contributed by atoms with Gasteiger partial charge < -0.3 is 14.8 Å². The Labute approximate surface area is 201 Å². The van der Waals surface area contributed by atoms with Gasteiger partial charge in [-0.15, -0.1) is 0 Å². The Morgan fingerprint density at radius 3 is 2.34 bits per heavy atom. The van der Waals surface area contributed by atoms with Crippen LogP contribution in [-0.2, 0) is 4.79 Å². The summed E-state index contributed by atoms with van der Waals surface area (Å²) in [6.45, 7) is 3.98. The second-order valence-electron chi connectivity index (χ2n) is 7.32. The fraction of sp³-hybridized carbons (Fsp3) is 0.115. The maximum Gasteiger partial charge on any atom is 0.343 e. The highest BCUT2D eigenvalue weighted by Gasteiger charge is 2.15. The largest absolute Gasteiger partial charge is 0.490 e. The van der Waals surface area contributed by atoms with Crippen molar-refractivity contribution in [2.45, 2.75) is 13.8 Å². The zero-order valence-electron chi connectivity index (χ0n) is 19.0. The van der Waals surface area contributed by atoms with Crippen molar-refractivity contribution in [1.82, 2.24) is 0 Å². The van der Waals surface area contributed by atoms with Crippen molar-refractivity contribution in [3.63, 3.8) is 0 Å². The van der Waals surface area contributed by atoms with E-state index in [1.165, 1.54) is 36.4 Å². The maximum atomic E-state index is 12.5. The summed E-state index contributed by atoms with van der Waals surface area (Å²) in [5.41, 5.74) is 1.85. The highest BCUT2D eigenvalue weighted by molar-refractivity contribution is 6.09. The first-order chi connectivity index (χ1) is 16.8. The highest BCUT2D eigenvalue weighted by atomic mass is 16.6. The molecule has 9 heteroatoms. The van der Waals surface area contributed by atoms with Gasteiger partial charge >= 0.3 is 5.97 Å². The number of nitrogens with one attached hydrogen (secondary N) is 1. The van der Waals surface area contributed by atoms with E-state index < -0.39 is 16.8 Å². The molecule has 0 heterocycles. The van der Waals surface area contributed by atoms with Crippen LogP contribution in [0.5, 0.6) is 11.5 Å². The SMILES string of the molecule is CCOc1cc(C=C(C#N)C(=O)Nc2ccc([N+](=O)[O-])cc2)ccc1OC(=O)c1ccc(C)cc1. The number of aryl methyl sites for hydroxylation is 1. The molecule has 0 fully saturated rings. The smallest absolute Gasteiger partial charge is 0.343 e. The van der Waals surface area contributed by atoms with Crippen molar-refractivity contribution in [3.8, 4) is 17.6 Å². The van der Waals surface area contributed by atoms with Crippen LogP contribution in [0.2, 0.25) is 0 Å².